The van der Waals surface area contributed by atoms with E-state index in [0.29, 0.717) is 4.88 Å². The van der Waals surface area contributed by atoms with Gasteiger partial charge in [0.25, 0.3) is 5.91 Å². The van der Waals surface area contributed by atoms with E-state index in [0.717, 1.165) is 4.90 Å². The van der Waals surface area contributed by atoms with Crippen molar-refractivity contribution in [2.24, 2.45) is 0 Å². The van der Waals surface area contributed by atoms with Gasteiger partial charge in [0.1, 0.15) is 6.04 Å². The molecule has 0 aliphatic carbocycles. The van der Waals surface area contributed by atoms with Crippen molar-refractivity contribution >= 4 is 35.8 Å². The third-order valence-corrected chi connectivity index (χ3v) is 3.34. The first-order valence-electron chi connectivity index (χ1n) is 5.29. The van der Waals surface area contributed by atoms with Gasteiger partial charge in [0.15, 0.2) is 0 Å². The SMILES string of the molecule is CC(C)NC(=O)C(C)NC(=O)c1cc(S)cs1. The number of amides is 2. The highest BCUT2D eigenvalue weighted by atomic mass is 32.1. The van der Waals surface area contributed by atoms with Gasteiger partial charge in [-0.25, -0.2) is 0 Å². The summed E-state index contributed by atoms with van der Waals surface area (Å²) in [6, 6.07) is 1.19. The van der Waals surface area contributed by atoms with Crippen molar-refractivity contribution in [3.8, 4) is 0 Å². The predicted molar refractivity (Wildman–Crippen MR) is 71.8 cm³/mol. The lowest BCUT2D eigenvalue weighted by Gasteiger charge is -2.15. The second kappa shape index (κ2) is 6.07. The van der Waals surface area contributed by atoms with E-state index in [9.17, 15) is 9.59 Å². The summed E-state index contributed by atoms with van der Waals surface area (Å²) in [6.45, 7) is 5.41. The zero-order valence-corrected chi connectivity index (χ0v) is 11.7. The first-order chi connectivity index (χ1) is 7.90. The van der Waals surface area contributed by atoms with Crippen molar-refractivity contribution in [2.45, 2.75) is 37.8 Å². The highest BCUT2D eigenvalue weighted by Gasteiger charge is 2.17. The molecule has 0 saturated carbocycles. The van der Waals surface area contributed by atoms with E-state index in [-0.39, 0.29) is 17.9 Å². The molecule has 0 spiro atoms. The lowest BCUT2D eigenvalue weighted by Crippen LogP contribution is -2.46. The molecule has 1 aromatic heterocycles. The molecule has 2 amide bonds. The summed E-state index contributed by atoms with van der Waals surface area (Å²) in [5.74, 6) is -0.433. The number of nitrogens with one attached hydrogen (secondary N) is 2. The van der Waals surface area contributed by atoms with Crippen LogP contribution < -0.4 is 10.6 Å². The second-order valence-electron chi connectivity index (χ2n) is 4.03. The quantitative estimate of drug-likeness (QED) is 0.730. The van der Waals surface area contributed by atoms with Gasteiger partial charge in [0.2, 0.25) is 5.91 Å². The summed E-state index contributed by atoms with van der Waals surface area (Å²) < 4.78 is 0. The number of thiophene rings is 1. The minimum absolute atomic E-state index is 0.0626. The summed E-state index contributed by atoms with van der Waals surface area (Å²) in [5, 5.41) is 7.15. The molecule has 94 valence electrons. The molecule has 6 heteroatoms. The fourth-order valence-corrected chi connectivity index (χ4v) is 2.24. The summed E-state index contributed by atoms with van der Waals surface area (Å²) in [6.07, 6.45) is 0. The van der Waals surface area contributed by atoms with Crippen molar-refractivity contribution < 1.29 is 9.59 Å². The number of thiol groups is 1. The van der Waals surface area contributed by atoms with Crippen molar-refractivity contribution in [1.29, 1.82) is 0 Å². The van der Waals surface area contributed by atoms with E-state index in [2.05, 4.69) is 23.3 Å². The Bertz CT molecular complexity index is 415. The van der Waals surface area contributed by atoms with E-state index < -0.39 is 6.04 Å². The molecular formula is C11H16N2O2S2. The number of carbonyl (C=O) groups excluding carboxylic acids is 2. The first-order valence-corrected chi connectivity index (χ1v) is 6.61. The Labute approximate surface area is 110 Å². The molecule has 0 saturated heterocycles. The lowest BCUT2D eigenvalue weighted by molar-refractivity contribution is -0.123. The minimum Gasteiger partial charge on any atom is -0.352 e. The lowest BCUT2D eigenvalue weighted by atomic mass is 10.2. The Morgan fingerprint density at radius 1 is 1.29 bits per heavy atom. The third-order valence-electron chi connectivity index (χ3n) is 1.98. The molecule has 1 aromatic rings. The van der Waals surface area contributed by atoms with E-state index >= 15 is 0 Å². The minimum atomic E-state index is -0.546. The average Bonchev–Trinajstić information content (AvgIpc) is 2.63. The molecule has 0 fully saturated rings. The maximum Gasteiger partial charge on any atom is 0.262 e. The summed E-state index contributed by atoms with van der Waals surface area (Å²) >= 11 is 5.43. The number of rotatable bonds is 4. The van der Waals surface area contributed by atoms with Crippen LogP contribution in [0.3, 0.4) is 0 Å². The van der Waals surface area contributed by atoms with Crippen LogP contribution in [0.25, 0.3) is 0 Å². The smallest absolute Gasteiger partial charge is 0.262 e. The molecule has 17 heavy (non-hydrogen) atoms. The molecule has 1 unspecified atom stereocenters. The molecule has 0 bridgehead atoms. The number of carbonyl (C=O) groups is 2. The van der Waals surface area contributed by atoms with Crippen molar-refractivity contribution in [1.82, 2.24) is 10.6 Å². The van der Waals surface area contributed by atoms with Crippen molar-refractivity contribution in [3.05, 3.63) is 16.3 Å². The largest absolute Gasteiger partial charge is 0.352 e. The highest BCUT2D eigenvalue weighted by molar-refractivity contribution is 7.80. The predicted octanol–water partition coefficient (Wildman–Crippen LogP) is 1.68. The molecule has 1 atom stereocenters. The van der Waals surface area contributed by atoms with Gasteiger partial charge in [-0.1, -0.05) is 0 Å². The molecule has 1 heterocycles. The van der Waals surface area contributed by atoms with Crippen LogP contribution in [0.5, 0.6) is 0 Å². The fourth-order valence-electron chi connectivity index (χ4n) is 1.19. The second-order valence-corrected chi connectivity index (χ2v) is 5.46. The van der Waals surface area contributed by atoms with Gasteiger partial charge >= 0.3 is 0 Å². The maximum atomic E-state index is 11.7. The summed E-state index contributed by atoms with van der Waals surface area (Å²) in [4.78, 5) is 24.6. The van der Waals surface area contributed by atoms with Gasteiger partial charge in [-0.15, -0.1) is 24.0 Å². The van der Waals surface area contributed by atoms with Crippen molar-refractivity contribution in [3.63, 3.8) is 0 Å². The Morgan fingerprint density at radius 3 is 2.41 bits per heavy atom. The van der Waals surface area contributed by atoms with Gasteiger partial charge in [0, 0.05) is 16.3 Å². The summed E-state index contributed by atoms with van der Waals surface area (Å²) in [7, 11) is 0. The Balaban J connectivity index is 2.54. The topological polar surface area (TPSA) is 58.2 Å². The van der Waals surface area contributed by atoms with Gasteiger partial charge in [-0.2, -0.15) is 0 Å². The van der Waals surface area contributed by atoms with Crippen LogP contribution in [0.1, 0.15) is 30.4 Å². The van der Waals surface area contributed by atoms with Crippen LogP contribution in [0.2, 0.25) is 0 Å². The standard InChI is InChI=1S/C11H16N2O2S2/c1-6(2)12-10(14)7(3)13-11(15)9-4-8(16)5-17-9/h4-7,16H,1-3H3,(H,12,14)(H,13,15). The number of hydrogen-bond acceptors (Lipinski definition) is 4. The van der Waals surface area contributed by atoms with Crippen LogP contribution in [0.15, 0.2) is 16.3 Å². The highest BCUT2D eigenvalue weighted by Crippen LogP contribution is 2.17. The maximum absolute atomic E-state index is 11.7. The Morgan fingerprint density at radius 2 is 1.94 bits per heavy atom. The van der Waals surface area contributed by atoms with E-state index in [1.54, 1.807) is 18.4 Å². The molecule has 0 aliphatic rings. The zero-order chi connectivity index (χ0) is 13.0. The molecule has 4 nitrogen and oxygen atoms in total. The molecule has 0 radical (unpaired) electrons. The molecular weight excluding hydrogens is 256 g/mol. The average molecular weight is 272 g/mol. The van der Waals surface area contributed by atoms with Crippen LogP contribution >= 0.6 is 24.0 Å². The Kier molecular flexibility index (Phi) is 5.02. The third kappa shape index (κ3) is 4.40. The molecule has 0 aliphatic heterocycles. The van der Waals surface area contributed by atoms with Gasteiger partial charge in [-0.05, 0) is 26.8 Å². The van der Waals surface area contributed by atoms with Crippen LogP contribution in [-0.2, 0) is 4.79 Å². The first kappa shape index (κ1) is 14.1. The normalized spacial score (nSPS) is 12.3. The van der Waals surface area contributed by atoms with Crippen molar-refractivity contribution in [2.75, 3.05) is 0 Å². The number of hydrogen-bond donors (Lipinski definition) is 3. The zero-order valence-electron chi connectivity index (χ0n) is 9.98. The van der Waals surface area contributed by atoms with E-state index in [1.165, 1.54) is 11.3 Å². The Hall–Kier alpha value is -1.01. The van der Waals surface area contributed by atoms with Crippen LogP contribution in [-0.4, -0.2) is 23.9 Å². The van der Waals surface area contributed by atoms with Gasteiger partial charge < -0.3 is 10.6 Å². The van der Waals surface area contributed by atoms with E-state index in [4.69, 9.17) is 0 Å². The monoisotopic (exact) mass is 272 g/mol. The molecule has 2 N–H and O–H groups in total. The fraction of sp³-hybridized carbons (Fsp3) is 0.455. The molecule has 0 aromatic carbocycles. The van der Waals surface area contributed by atoms with Crippen LogP contribution in [0, 0.1) is 0 Å². The van der Waals surface area contributed by atoms with Gasteiger partial charge in [-0.3, -0.25) is 9.59 Å². The van der Waals surface area contributed by atoms with Crippen LogP contribution in [0.4, 0.5) is 0 Å². The van der Waals surface area contributed by atoms with E-state index in [1.807, 2.05) is 13.8 Å². The molecule has 1 rings (SSSR count). The summed E-state index contributed by atoms with van der Waals surface area (Å²) in [5.41, 5.74) is 0. The van der Waals surface area contributed by atoms with Gasteiger partial charge in [0.05, 0.1) is 4.88 Å².